The SMILES string of the molecule is CCn1cnc2cc(NC(=O)C3CCCC3)ccc21. The van der Waals surface area contributed by atoms with Gasteiger partial charge in [-0.15, -0.1) is 0 Å². The minimum atomic E-state index is 0.159. The van der Waals surface area contributed by atoms with Gasteiger partial charge in [0, 0.05) is 18.2 Å². The first-order valence-corrected chi connectivity index (χ1v) is 7.03. The number of carbonyl (C=O) groups excluding carboxylic acids is 1. The van der Waals surface area contributed by atoms with Gasteiger partial charge in [-0.05, 0) is 38.0 Å². The summed E-state index contributed by atoms with van der Waals surface area (Å²) in [5.41, 5.74) is 2.90. The number of imidazole rings is 1. The Balaban J connectivity index is 1.79. The smallest absolute Gasteiger partial charge is 0.227 e. The highest BCUT2D eigenvalue weighted by atomic mass is 16.1. The van der Waals surface area contributed by atoms with Crippen molar-refractivity contribution in [3.63, 3.8) is 0 Å². The van der Waals surface area contributed by atoms with Crippen molar-refractivity contribution in [2.24, 2.45) is 5.92 Å². The van der Waals surface area contributed by atoms with Crippen molar-refractivity contribution in [1.29, 1.82) is 0 Å². The van der Waals surface area contributed by atoms with E-state index in [1.165, 1.54) is 12.8 Å². The van der Waals surface area contributed by atoms with Crippen LogP contribution in [-0.2, 0) is 11.3 Å². The van der Waals surface area contributed by atoms with Crippen molar-refractivity contribution in [1.82, 2.24) is 9.55 Å². The molecule has 0 spiro atoms. The summed E-state index contributed by atoms with van der Waals surface area (Å²) in [7, 11) is 0. The number of hydrogen-bond acceptors (Lipinski definition) is 2. The zero-order valence-electron chi connectivity index (χ0n) is 11.2. The predicted molar refractivity (Wildman–Crippen MR) is 76.0 cm³/mol. The van der Waals surface area contributed by atoms with Crippen LogP contribution < -0.4 is 5.32 Å². The molecular formula is C15H19N3O. The number of amides is 1. The van der Waals surface area contributed by atoms with E-state index in [0.29, 0.717) is 0 Å². The molecule has 2 aromatic rings. The minimum absolute atomic E-state index is 0.159. The first-order chi connectivity index (χ1) is 9.28. The molecule has 1 N–H and O–H groups in total. The number of aryl methyl sites for hydroxylation is 1. The van der Waals surface area contributed by atoms with E-state index in [0.717, 1.165) is 36.1 Å². The normalized spacial score (nSPS) is 16.1. The van der Waals surface area contributed by atoms with Crippen molar-refractivity contribution in [3.05, 3.63) is 24.5 Å². The molecule has 19 heavy (non-hydrogen) atoms. The fourth-order valence-corrected chi connectivity index (χ4v) is 2.83. The van der Waals surface area contributed by atoms with Crippen LogP contribution in [0, 0.1) is 5.92 Å². The first-order valence-electron chi connectivity index (χ1n) is 7.03. The van der Waals surface area contributed by atoms with Gasteiger partial charge < -0.3 is 9.88 Å². The molecule has 4 heteroatoms. The Morgan fingerprint density at radius 2 is 2.21 bits per heavy atom. The second-order valence-electron chi connectivity index (χ2n) is 5.20. The lowest BCUT2D eigenvalue weighted by atomic mass is 10.1. The third-order valence-corrected chi connectivity index (χ3v) is 3.96. The van der Waals surface area contributed by atoms with Gasteiger partial charge in [-0.1, -0.05) is 12.8 Å². The van der Waals surface area contributed by atoms with Gasteiger partial charge in [-0.3, -0.25) is 4.79 Å². The maximum atomic E-state index is 12.1. The summed E-state index contributed by atoms with van der Waals surface area (Å²) in [6.45, 7) is 3.00. The highest BCUT2D eigenvalue weighted by molar-refractivity contribution is 5.94. The van der Waals surface area contributed by atoms with Gasteiger partial charge >= 0.3 is 0 Å². The fourth-order valence-electron chi connectivity index (χ4n) is 2.83. The Kier molecular flexibility index (Phi) is 3.23. The summed E-state index contributed by atoms with van der Waals surface area (Å²) in [5.74, 6) is 0.357. The molecule has 1 aliphatic carbocycles. The molecule has 1 amide bonds. The van der Waals surface area contributed by atoms with Crippen molar-refractivity contribution < 1.29 is 4.79 Å². The lowest BCUT2D eigenvalue weighted by molar-refractivity contribution is -0.119. The Morgan fingerprint density at radius 1 is 1.42 bits per heavy atom. The molecule has 1 heterocycles. The topological polar surface area (TPSA) is 46.9 Å². The monoisotopic (exact) mass is 257 g/mol. The number of aromatic nitrogens is 2. The highest BCUT2D eigenvalue weighted by Crippen LogP contribution is 2.26. The molecule has 0 bridgehead atoms. The predicted octanol–water partition coefficient (Wildman–Crippen LogP) is 3.18. The molecule has 1 aliphatic rings. The summed E-state index contributed by atoms with van der Waals surface area (Å²) in [5, 5.41) is 3.02. The summed E-state index contributed by atoms with van der Waals surface area (Å²) in [6.07, 6.45) is 6.25. The summed E-state index contributed by atoms with van der Waals surface area (Å²) < 4.78 is 2.10. The summed E-state index contributed by atoms with van der Waals surface area (Å²) in [6, 6.07) is 5.94. The highest BCUT2D eigenvalue weighted by Gasteiger charge is 2.22. The molecule has 0 radical (unpaired) electrons. The lowest BCUT2D eigenvalue weighted by Crippen LogP contribution is -2.20. The van der Waals surface area contributed by atoms with E-state index in [1.807, 2.05) is 24.5 Å². The van der Waals surface area contributed by atoms with Crippen LogP contribution >= 0.6 is 0 Å². The van der Waals surface area contributed by atoms with E-state index < -0.39 is 0 Å². The molecule has 100 valence electrons. The number of fused-ring (bicyclic) bond motifs is 1. The molecule has 4 nitrogen and oxygen atoms in total. The average molecular weight is 257 g/mol. The van der Waals surface area contributed by atoms with E-state index in [4.69, 9.17) is 0 Å². The summed E-state index contributed by atoms with van der Waals surface area (Å²) in [4.78, 5) is 16.4. The van der Waals surface area contributed by atoms with Gasteiger partial charge in [0.2, 0.25) is 5.91 Å². The van der Waals surface area contributed by atoms with Gasteiger partial charge in [-0.2, -0.15) is 0 Å². The second kappa shape index (κ2) is 5.03. The molecule has 0 aliphatic heterocycles. The fraction of sp³-hybridized carbons (Fsp3) is 0.467. The molecule has 0 unspecified atom stereocenters. The maximum Gasteiger partial charge on any atom is 0.227 e. The molecule has 1 aromatic heterocycles. The van der Waals surface area contributed by atoms with Crippen LogP contribution in [0.2, 0.25) is 0 Å². The maximum absolute atomic E-state index is 12.1. The number of hydrogen-bond donors (Lipinski definition) is 1. The van der Waals surface area contributed by atoms with Crippen LogP contribution in [-0.4, -0.2) is 15.5 Å². The summed E-state index contributed by atoms with van der Waals surface area (Å²) >= 11 is 0. The molecule has 1 saturated carbocycles. The van der Waals surface area contributed by atoms with E-state index in [9.17, 15) is 4.79 Å². The average Bonchev–Trinajstić information content (AvgIpc) is 3.07. The third-order valence-electron chi connectivity index (χ3n) is 3.96. The van der Waals surface area contributed by atoms with E-state index in [1.54, 1.807) is 0 Å². The van der Waals surface area contributed by atoms with Crippen molar-refractivity contribution >= 4 is 22.6 Å². The van der Waals surface area contributed by atoms with Crippen LogP contribution in [0.1, 0.15) is 32.6 Å². The van der Waals surface area contributed by atoms with Crippen LogP contribution in [0.4, 0.5) is 5.69 Å². The Labute approximate surface area is 112 Å². The van der Waals surface area contributed by atoms with Crippen LogP contribution in [0.5, 0.6) is 0 Å². The quantitative estimate of drug-likeness (QED) is 0.918. The minimum Gasteiger partial charge on any atom is -0.331 e. The van der Waals surface area contributed by atoms with Crippen LogP contribution in [0.15, 0.2) is 24.5 Å². The number of rotatable bonds is 3. The molecule has 1 aromatic carbocycles. The van der Waals surface area contributed by atoms with Crippen LogP contribution in [0.3, 0.4) is 0 Å². The van der Waals surface area contributed by atoms with Crippen LogP contribution in [0.25, 0.3) is 11.0 Å². The largest absolute Gasteiger partial charge is 0.331 e. The van der Waals surface area contributed by atoms with E-state index >= 15 is 0 Å². The van der Waals surface area contributed by atoms with Gasteiger partial charge in [0.05, 0.1) is 17.4 Å². The Morgan fingerprint density at radius 3 is 2.95 bits per heavy atom. The molecule has 0 saturated heterocycles. The van der Waals surface area contributed by atoms with Crippen molar-refractivity contribution in [2.75, 3.05) is 5.32 Å². The third kappa shape index (κ3) is 2.35. The number of benzene rings is 1. The molecule has 1 fully saturated rings. The zero-order valence-corrected chi connectivity index (χ0v) is 11.2. The van der Waals surface area contributed by atoms with Gasteiger partial charge in [0.15, 0.2) is 0 Å². The van der Waals surface area contributed by atoms with Gasteiger partial charge in [0.1, 0.15) is 0 Å². The standard InChI is InChI=1S/C15H19N3O/c1-2-18-10-16-13-9-12(7-8-14(13)18)17-15(19)11-5-3-4-6-11/h7-11H,2-6H2,1H3,(H,17,19). The number of anilines is 1. The lowest BCUT2D eigenvalue weighted by Gasteiger charge is -2.10. The van der Waals surface area contributed by atoms with Crippen molar-refractivity contribution in [3.8, 4) is 0 Å². The van der Waals surface area contributed by atoms with Gasteiger partial charge in [-0.25, -0.2) is 4.98 Å². The Hall–Kier alpha value is -1.84. The second-order valence-corrected chi connectivity index (χ2v) is 5.20. The van der Waals surface area contributed by atoms with E-state index in [2.05, 4.69) is 21.8 Å². The number of nitrogens with zero attached hydrogens (tertiary/aromatic N) is 2. The number of carbonyl (C=O) groups is 1. The first kappa shape index (κ1) is 12.2. The molecular weight excluding hydrogens is 238 g/mol. The number of nitrogens with one attached hydrogen (secondary N) is 1. The zero-order chi connectivity index (χ0) is 13.2. The van der Waals surface area contributed by atoms with Gasteiger partial charge in [0.25, 0.3) is 0 Å². The van der Waals surface area contributed by atoms with E-state index in [-0.39, 0.29) is 11.8 Å². The Bertz CT molecular complexity index is 596. The van der Waals surface area contributed by atoms with Crippen molar-refractivity contribution in [2.45, 2.75) is 39.2 Å². The molecule has 3 rings (SSSR count). The molecule has 0 atom stereocenters.